The maximum Gasteiger partial charge on any atom is 0.224 e. The van der Waals surface area contributed by atoms with Crippen LogP contribution in [0.25, 0.3) is 0 Å². The molecule has 3 aromatic rings. The first-order valence-electron chi connectivity index (χ1n) is 8.51. The number of hydrogen-bond acceptors (Lipinski definition) is 7. The third-order valence-corrected chi connectivity index (χ3v) is 3.96. The van der Waals surface area contributed by atoms with Crippen LogP contribution in [0.15, 0.2) is 48.7 Å². The van der Waals surface area contributed by atoms with Crippen LogP contribution in [-0.4, -0.2) is 31.3 Å². The Balaban J connectivity index is 1.74. The second-order valence-electron chi connectivity index (χ2n) is 5.78. The highest BCUT2D eigenvalue weighted by atomic mass is 19.1. The van der Waals surface area contributed by atoms with Gasteiger partial charge in [-0.1, -0.05) is 12.1 Å². The van der Waals surface area contributed by atoms with Crippen LogP contribution in [0, 0.1) is 5.82 Å². The fourth-order valence-electron chi connectivity index (χ4n) is 2.60. The number of anilines is 3. The van der Waals surface area contributed by atoms with Gasteiger partial charge >= 0.3 is 0 Å². The lowest BCUT2D eigenvalue weighted by Gasteiger charge is -2.15. The van der Waals surface area contributed by atoms with E-state index in [0.717, 1.165) is 11.3 Å². The quantitative estimate of drug-likeness (QED) is 0.608. The number of nitrogens with one attached hydrogen (secondary N) is 2. The Kier molecular flexibility index (Phi) is 6.11. The molecule has 7 nitrogen and oxygen atoms in total. The average molecular weight is 384 g/mol. The fourth-order valence-corrected chi connectivity index (χ4v) is 2.60. The summed E-state index contributed by atoms with van der Waals surface area (Å²) in [6.45, 7) is 0.480. The number of ether oxygens (including phenoxy) is 3. The summed E-state index contributed by atoms with van der Waals surface area (Å²) in [6.07, 6.45) is 1.64. The molecular weight excluding hydrogens is 363 g/mol. The topological polar surface area (TPSA) is 77.5 Å². The van der Waals surface area contributed by atoms with E-state index in [2.05, 4.69) is 20.6 Å². The Bertz CT molecular complexity index is 910. The first-order valence-corrected chi connectivity index (χ1v) is 8.51. The summed E-state index contributed by atoms with van der Waals surface area (Å²) in [5, 5.41) is 6.31. The van der Waals surface area contributed by atoms with Crippen LogP contribution in [0.4, 0.5) is 21.8 Å². The monoisotopic (exact) mass is 384 g/mol. The Labute approximate surface area is 162 Å². The Morgan fingerprint density at radius 2 is 1.61 bits per heavy atom. The number of aromatic nitrogens is 2. The molecule has 0 saturated carbocycles. The lowest BCUT2D eigenvalue weighted by molar-refractivity contribution is 0.324. The SMILES string of the molecule is COc1cc(Nc2ccnc(NCc3ccc(F)cc3)n2)cc(OC)c1OC. The van der Waals surface area contributed by atoms with Crippen LogP contribution in [-0.2, 0) is 6.54 Å². The molecule has 28 heavy (non-hydrogen) atoms. The van der Waals surface area contributed by atoms with Crippen molar-refractivity contribution in [1.29, 1.82) is 0 Å². The lowest BCUT2D eigenvalue weighted by atomic mass is 10.2. The second kappa shape index (κ2) is 8.90. The summed E-state index contributed by atoms with van der Waals surface area (Å²) >= 11 is 0. The molecule has 0 aliphatic carbocycles. The van der Waals surface area contributed by atoms with Gasteiger partial charge in [-0.05, 0) is 23.8 Å². The first kappa shape index (κ1) is 19.2. The molecule has 0 spiro atoms. The first-order chi connectivity index (χ1) is 13.6. The molecule has 0 fully saturated rings. The average Bonchev–Trinajstić information content (AvgIpc) is 2.73. The molecule has 8 heteroatoms. The van der Waals surface area contributed by atoms with Crippen molar-refractivity contribution in [2.45, 2.75) is 6.54 Å². The number of nitrogens with zero attached hydrogens (tertiary/aromatic N) is 2. The number of rotatable bonds is 8. The molecular formula is C20H21FN4O3. The Hall–Kier alpha value is -3.55. The molecule has 3 rings (SSSR count). The molecule has 2 N–H and O–H groups in total. The Morgan fingerprint density at radius 3 is 2.21 bits per heavy atom. The van der Waals surface area contributed by atoms with E-state index in [4.69, 9.17) is 14.2 Å². The molecule has 1 heterocycles. The highest BCUT2D eigenvalue weighted by Gasteiger charge is 2.13. The minimum Gasteiger partial charge on any atom is -0.493 e. The predicted octanol–water partition coefficient (Wildman–Crippen LogP) is 4.00. The van der Waals surface area contributed by atoms with E-state index in [1.165, 1.54) is 12.1 Å². The molecule has 1 aromatic heterocycles. The molecule has 0 amide bonds. The van der Waals surface area contributed by atoms with Crippen molar-refractivity contribution in [3.05, 3.63) is 60.0 Å². The Morgan fingerprint density at radius 1 is 0.929 bits per heavy atom. The van der Waals surface area contributed by atoms with Gasteiger partial charge in [0, 0.05) is 30.6 Å². The van der Waals surface area contributed by atoms with Crippen molar-refractivity contribution in [3.8, 4) is 17.2 Å². The molecule has 0 aliphatic heterocycles. The molecule has 0 radical (unpaired) electrons. The minimum atomic E-state index is -0.267. The number of benzene rings is 2. The van der Waals surface area contributed by atoms with Gasteiger partial charge in [0.1, 0.15) is 11.6 Å². The summed E-state index contributed by atoms with van der Waals surface area (Å²) in [5.41, 5.74) is 1.64. The maximum absolute atomic E-state index is 13.0. The van der Waals surface area contributed by atoms with Crippen LogP contribution in [0.1, 0.15) is 5.56 Å². The van der Waals surface area contributed by atoms with Gasteiger partial charge in [-0.3, -0.25) is 0 Å². The molecule has 0 unspecified atom stereocenters. The van der Waals surface area contributed by atoms with Crippen LogP contribution in [0.2, 0.25) is 0 Å². The van der Waals surface area contributed by atoms with Crippen LogP contribution < -0.4 is 24.8 Å². The van der Waals surface area contributed by atoms with E-state index in [0.29, 0.717) is 35.6 Å². The van der Waals surface area contributed by atoms with E-state index in [1.807, 2.05) is 0 Å². The third-order valence-electron chi connectivity index (χ3n) is 3.96. The van der Waals surface area contributed by atoms with Crippen LogP contribution in [0.3, 0.4) is 0 Å². The molecule has 2 aromatic carbocycles. The van der Waals surface area contributed by atoms with Crippen molar-refractivity contribution in [2.75, 3.05) is 32.0 Å². The summed E-state index contributed by atoms with van der Waals surface area (Å²) in [5.74, 6) is 2.35. The van der Waals surface area contributed by atoms with Gasteiger partial charge in [0.15, 0.2) is 11.5 Å². The van der Waals surface area contributed by atoms with Gasteiger partial charge in [0.25, 0.3) is 0 Å². The summed E-state index contributed by atoms with van der Waals surface area (Å²) in [7, 11) is 4.67. The predicted molar refractivity (Wildman–Crippen MR) is 105 cm³/mol. The largest absolute Gasteiger partial charge is 0.493 e. The molecule has 0 aliphatic rings. The van der Waals surface area contributed by atoms with Gasteiger partial charge < -0.3 is 24.8 Å². The highest BCUT2D eigenvalue weighted by Crippen LogP contribution is 2.40. The molecule has 0 saturated heterocycles. The zero-order valence-electron chi connectivity index (χ0n) is 15.8. The van der Waals surface area contributed by atoms with Crippen LogP contribution >= 0.6 is 0 Å². The summed E-state index contributed by atoms with van der Waals surface area (Å²) in [4.78, 5) is 8.64. The normalized spacial score (nSPS) is 10.3. The van der Waals surface area contributed by atoms with Crippen molar-refractivity contribution in [1.82, 2.24) is 9.97 Å². The smallest absolute Gasteiger partial charge is 0.224 e. The van der Waals surface area contributed by atoms with Crippen molar-refractivity contribution < 1.29 is 18.6 Å². The zero-order valence-corrected chi connectivity index (χ0v) is 15.8. The second-order valence-corrected chi connectivity index (χ2v) is 5.78. The zero-order chi connectivity index (χ0) is 19.9. The number of methoxy groups -OCH3 is 3. The standard InChI is InChI=1S/C20H21FN4O3/c1-26-16-10-15(11-17(27-2)19(16)28-3)24-18-8-9-22-20(25-18)23-12-13-4-6-14(21)7-5-13/h4-11H,12H2,1-3H3,(H2,22,23,24,25). The van der Waals surface area contributed by atoms with Crippen molar-refractivity contribution in [3.63, 3.8) is 0 Å². The summed E-state index contributed by atoms with van der Waals surface area (Å²) < 4.78 is 29.0. The fraction of sp³-hybridized carbons (Fsp3) is 0.200. The highest BCUT2D eigenvalue weighted by molar-refractivity contribution is 5.66. The van der Waals surface area contributed by atoms with E-state index < -0.39 is 0 Å². The number of hydrogen-bond donors (Lipinski definition) is 2. The molecule has 0 bridgehead atoms. The van der Waals surface area contributed by atoms with E-state index in [-0.39, 0.29) is 5.82 Å². The lowest BCUT2D eigenvalue weighted by Crippen LogP contribution is -2.05. The number of halogens is 1. The van der Waals surface area contributed by atoms with E-state index in [1.54, 1.807) is 57.9 Å². The maximum atomic E-state index is 13.0. The van der Waals surface area contributed by atoms with Gasteiger partial charge in [-0.15, -0.1) is 0 Å². The van der Waals surface area contributed by atoms with Gasteiger partial charge in [0.05, 0.1) is 21.3 Å². The third kappa shape index (κ3) is 4.59. The van der Waals surface area contributed by atoms with Gasteiger partial charge in [0.2, 0.25) is 11.7 Å². The molecule has 146 valence electrons. The minimum absolute atomic E-state index is 0.267. The van der Waals surface area contributed by atoms with Gasteiger partial charge in [-0.2, -0.15) is 4.98 Å². The van der Waals surface area contributed by atoms with E-state index >= 15 is 0 Å². The summed E-state index contributed by atoms with van der Waals surface area (Å²) in [6, 6.07) is 11.6. The van der Waals surface area contributed by atoms with Gasteiger partial charge in [-0.25, -0.2) is 9.37 Å². The van der Waals surface area contributed by atoms with Crippen molar-refractivity contribution >= 4 is 17.5 Å². The molecule has 0 atom stereocenters. The van der Waals surface area contributed by atoms with E-state index in [9.17, 15) is 4.39 Å². The van der Waals surface area contributed by atoms with Crippen molar-refractivity contribution in [2.24, 2.45) is 0 Å². The van der Waals surface area contributed by atoms with Crippen LogP contribution in [0.5, 0.6) is 17.2 Å².